The van der Waals surface area contributed by atoms with E-state index in [0.717, 1.165) is 13.1 Å². The number of aromatic nitrogens is 3. The van der Waals surface area contributed by atoms with Gasteiger partial charge in [-0.2, -0.15) is 9.36 Å². The van der Waals surface area contributed by atoms with Crippen molar-refractivity contribution in [1.29, 1.82) is 0 Å². The van der Waals surface area contributed by atoms with Gasteiger partial charge in [-0.25, -0.2) is 0 Å². The predicted octanol–water partition coefficient (Wildman–Crippen LogP) is -1.89. The number of hydrogen-bond donors (Lipinski definition) is 1. The Kier molecular flexibility index (Phi) is 3.47. The van der Waals surface area contributed by atoms with Crippen LogP contribution < -0.4 is 9.79 Å². The minimum Gasteiger partial charge on any atom is -0.543 e. The van der Waals surface area contributed by atoms with E-state index in [1.165, 1.54) is 16.7 Å². The third-order valence-corrected chi connectivity index (χ3v) is 6.56. The first kappa shape index (κ1) is 15.6. The molecule has 1 fully saturated rings. The van der Waals surface area contributed by atoms with E-state index < -0.39 is 18.0 Å². The van der Waals surface area contributed by atoms with Gasteiger partial charge in [0.2, 0.25) is 12.2 Å². The van der Waals surface area contributed by atoms with Crippen molar-refractivity contribution in [3.05, 3.63) is 23.3 Å². The number of carbonyl (C=O) groups excluding carboxylic acids is 2. The Labute approximate surface area is 142 Å². The number of aliphatic hydroxyl groups is 1. The highest BCUT2D eigenvalue weighted by Gasteiger charge is 2.59. The van der Waals surface area contributed by atoms with Crippen molar-refractivity contribution in [2.24, 2.45) is 11.8 Å². The lowest BCUT2D eigenvalue weighted by Crippen LogP contribution is -2.64. The maximum absolute atomic E-state index is 12.3. The number of thioether (sulfide) groups is 1. The van der Waals surface area contributed by atoms with Crippen LogP contribution in [0.2, 0.25) is 0 Å². The van der Waals surface area contributed by atoms with Gasteiger partial charge in [0, 0.05) is 10.8 Å². The normalized spacial score (nSPS) is 32.6. The SMILES string of the molecule is CC(O)C1C(=O)N2C(C(=O)[O-])=C(SC3Cn4cnc[n+]4C3)C(C)C12. The molecule has 4 unspecified atom stereocenters. The molecule has 4 heterocycles. The summed E-state index contributed by atoms with van der Waals surface area (Å²) in [5, 5.41) is 21.7. The summed E-state index contributed by atoms with van der Waals surface area (Å²) in [7, 11) is 0. The van der Waals surface area contributed by atoms with Gasteiger partial charge in [-0.15, -0.1) is 11.8 Å². The molecule has 24 heavy (non-hydrogen) atoms. The quantitative estimate of drug-likeness (QED) is 0.503. The van der Waals surface area contributed by atoms with Crippen molar-refractivity contribution in [2.45, 2.75) is 44.3 Å². The molecule has 0 aromatic carbocycles. The fraction of sp³-hybridized carbons (Fsp3) is 0.600. The van der Waals surface area contributed by atoms with Crippen molar-refractivity contribution in [2.75, 3.05) is 0 Å². The van der Waals surface area contributed by atoms with Crippen LogP contribution in [0, 0.1) is 11.8 Å². The van der Waals surface area contributed by atoms with Crippen LogP contribution >= 0.6 is 11.8 Å². The van der Waals surface area contributed by atoms with E-state index in [1.54, 1.807) is 19.6 Å². The number of carboxylic acid groups (broad SMARTS) is 1. The molecule has 0 aliphatic carbocycles. The zero-order valence-corrected chi connectivity index (χ0v) is 14.1. The van der Waals surface area contributed by atoms with Gasteiger partial charge < -0.3 is 19.9 Å². The second-order valence-electron chi connectivity index (χ2n) is 6.62. The van der Waals surface area contributed by atoms with Gasteiger partial charge in [0.1, 0.15) is 6.54 Å². The molecule has 0 bridgehead atoms. The van der Waals surface area contributed by atoms with Crippen LogP contribution in [0.5, 0.6) is 0 Å². The first-order valence-corrected chi connectivity index (χ1v) is 8.81. The maximum atomic E-state index is 12.3. The molecule has 8 nitrogen and oxygen atoms in total. The largest absolute Gasteiger partial charge is 0.543 e. The van der Waals surface area contributed by atoms with Gasteiger partial charge in [-0.1, -0.05) is 6.92 Å². The zero-order chi connectivity index (χ0) is 17.2. The van der Waals surface area contributed by atoms with Crippen molar-refractivity contribution >= 4 is 23.6 Å². The van der Waals surface area contributed by atoms with Crippen LogP contribution in [0.15, 0.2) is 23.3 Å². The number of nitrogens with zero attached hydrogens (tertiary/aromatic N) is 4. The summed E-state index contributed by atoms with van der Waals surface area (Å²) in [6, 6.07) is -0.289. The van der Waals surface area contributed by atoms with E-state index in [9.17, 15) is 19.8 Å². The number of rotatable bonds is 4. The van der Waals surface area contributed by atoms with Gasteiger partial charge in [0.15, 0.2) is 0 Å². The van der Waals surface area contributed by atoms with E-state index in [-0.39, 0.29) is 28.8 Å². The van der Waals surface area contributed by atoms with E-state index in [2.05, 4.69) is 4.98 Å². The van der Waals surface area contributed by atoms with Crippen LogP contribution in [-0.2, 0) is 22.7 Å². The van der Waals surface area contributed by atoms with Crippen LogP contribution in [0.4, 0.5) is 0 Å². The molecule has 4 rings (SSSR count). The molecule has 1 amide bonds. The van der Waals surface area contributed by atoms with Crippen molar-refractivity contribution in [3.63, 3.8) is 0 Å². The molecule has 1 aromatic heterocycles. The molecule has 1 aromatic rings. The summed E-state index contributed by atoms with van der Waals surface area (Å²) in [4.78, 5) is 30.0. The summed E-state index contributed by atoms with van der Waals surface area (Å²) < 4.78 is 3.96. The average molecular weight is 350 g/mol. The number of aliphatic hydroxyl groups excluding tert-OH is 1. The Morgan fingerprint density at radius 1 is 1.58 bits per heavy atom. The maximum Gasteiger partial charge on any atom is 0.306 e. The Morgan fingerprint density at radius 3 is 2.96 bits per heavy atom. The van der Waals surface area contributed by atoms with Crippen LogP contribution in [-0.4, -0.2) is 48.9 Å². The van der Waals surface area contributed by atoms with Gasteiger partial charge >= 0.3 is 6.33 Å². The third kappa shape index (κ3) is 2.04. The second kappa shape index (κ2) is 5.32. The number of fused-ring (bicyclic) bond motifs is 2. The number of β-lactam (4-membered cyclic amide) rings is 1. The van der Waals surface area contributed by atoms with Crippen molar-refractivity contribution < 1.29 is 24.5 Å². The molecule has 0 saturated carbocycles. The van der Waals surface area contributed by atoms with Crippen molar-refractivity contribution in [3.8, 4) is 0 Å². The van der Waals surface area contributed by atoms with E-state index >= 15 is 0 Å². The highest BCUT2D eigenvalue weighted by molar-refractivity contribution is 8.03. The molecule has 128 valence electrons. The highest BCUT2D eigenvalue weighted by atomic mass is 32.2. The number of carbonyl (C=O) groups is 2. The van der Waals surface area contributed by atoms with Gasteiger partial charge in [0.05, 0.1) is 41.5 Å². The molecule has 0 radical (unpaired) electrons. The molecular formula is C15H18N4O4S. The molecule has 3 aliphatic rings. The fourth-order valence-electron chi connectivity index (χ4n) is 4.02. The zero-order valence-electron chi connectivity index (χ0n) is 13.3. The molecule has 4 atom stereocenters. The standard InChI is InChI=1S/C15H18N4O4S/c1-7-11-10(8(2)20)14(21)19(11)12(15(22)23)13(7)24-9-3-17-5-16-6-18(17)4-9/h5-11,20H,3-4H2,1-2H3. The summed E-state index contributed by atoms with van der Waals surface area (Å²) in [5.41, 5.74) is -0.0147. The number of amides is 1. The Bertz CT molecular complexity index is 738. The summed E-state index contributed by atoms with van der Waals surface area (Å²) >= 11 is 1.50. The van der Waals surface area contributed by atoms with Gasteiger partial charge in [-0.05, 0) is 11.9 Å². The molecule has 3 aliphatic heterocycles. The number of carboxylic acids is 1. The smallest absolute Gasteiger partial charge is 0.306 e. The number of hydrogen-bond acceptors (Lipinski definition) is 6. The average Bonchev–Trinajstić information content (AvgIpc) is 3.12. The van der Waals surface area contributed by atoms with E-state index in [1.807, 2.05) is 16.3 Å². The Morgan fingerprint density at radius 2 is 2.33 bits per heavy atom. The minimum absolute atomic E-state index is 0.0147. The second-order valence-corrected chi connectivity index (χ2v) is 7.96. The lowest BCUT2D eigenvalue weighted by atomic mass is 9.79. The van der Waals surface area contributed by atoms with Crippen LogP contribution in [0.25, 0.3) is 0 Å². The van der Waals surface area contributed by atoms with E-state index in [0.29, 0.717) is 4.91 Å². The molecule has 9 heteroatoms. The molecule has 0 spiro atoms. The summed E-state index contributed by atoms with van der Waals surface area (Å²) in [6.07, 6.45) is 2.70. The molecular weight excluding hydrogens is 332 g/mol. The minimum atomic E-state index is -1.32. The Balaban J connectivity index is 1.61. The topological polar surface area (TPSA) is 102 Å². The summed E-state index contributed by atoms with van der Waals surface area (Å²) in [5.74, 6) is -2.31. The third-order valence-electron chi connectivity index (χ3n) is 5.11. The van der Waals surface area contributed by atoms with Gasteiger partial charge in [-0.3, -0.25) is 4.79 Å². The monoisotopic (exact) mass is 350 g/mol. The van der Waals surface area contributed by atoms with Gasteiger partial charge in [0.25, 0.3) is 0 Å². The van der Waals surface area contributed by atoms with Crippen LogP contribution in [0.1, 0.15) is 13.8 Å². The molecule has 1 N–H and O–H groups in total. The summed E-state index contributed by atoms with van der Waals surface area (Å²) in [6.45, 7) is 4.96. The lowest BCUT2D eigenvalue weighted by Gasteiger charge is -2.47. The fourth-order valence-corrected chi connectivity index (χ4v) is 5.48. The lowest BCUT2D eigenvalue weighted by molar-refractivity contribution is -0.758. The molecule has 1 saturated heterocycles. The predicted molar refractivity (Wildman–Crippen MR) is 80.8 cm³/mol. The number of aliphatic carboxylic acids is 1. The van der Waals surface area contributed by atoms with Crippen molar-refractivity contribution in [1.82, 2.24) is 14.6 Å². The Hall–Kier alpha value is -1.87. The van der Waals surface area contributed by atoms with Crippen LogP contribution in [0.3, 0.4) is 0 Å². The first-order valence-electron chi connectivity index (χ1n) is 7.93. The highest BCUT2D eigenvalue weighted by Crippen LogP contribution is 2.51. The van der Waals surface area contributed by atoms with E-state index in [4.69, 9.17) is 0 Å². The first-order chi connectivity index (χ1) is 11.4.